The number of aliphatic hydroxyl groups excluding tert-OH is 1. The van der Waals surface area contributed by atoms with Crippen LogP contribution in [-0.2, 0) is 0 Å². The van der Waals surface area contributed by atoms with Crippen LogP contribution in [0.15, 0.2) is 24.3 Å². The molecule has 0 spiro atoms. The van der Waals surface area contributed by atoms with Crippen LogP contribution in [0.2, 0.25) is 0 Å². The normalized spacial score (nSPS) is 12.4. The van der Waals surface area contributed by atoms with Crippen molar-refractivity contribution >= 4 is 0 Å². The first-order valence-electron chi connectivity index (χ1n) is 4.72. The summed E-state index contributed by atoms with van der Waals surface area (Å²) in [5.41, 5.74) is 0.693. The van der Waals surface area contributed by atoms with Gasteiger partial charge in [0.05, 0.1) is 12.6 Å². The van der Waals surface area contributed by atoms with Gasteiger partial charge in [-0.15, -0.1) is 6.42 Å². The number of hydrogen-bond acceptors (Lipinski definition) is 3. The van der Waals surface area contributed by atoms with Crippen molar-refractivity contribution in [3.05, 3.63) is 29.8 Å². The molecule has 0 bridgehead atoms. The lowest BCUT2D eigenvalue weighted by molar-refractivity contribution is 0.133. The Morgan fingerprint density at radius 2 is 2.27 bits per heavy atom. The minimum absolute atomic E-state index is 0.158. The second-order valence-electron chi connectivity index (χ2n) is 3.51. The zero-order valence-electron chi connectivity index (χ0n) is 8.72. The van der Waals surface area contributed by atoms with E-state index in [-0.39, 0.29) is 5.75 Å². The SMILES string of the molecule is C#CCN(C)C[C@H](O)c1cccc(O)c1. The molecule has 0 unspecified atom stereocenters. The summed E-state index contributed by atoms with van der Waals surface area (Å²) in [4.78, 5) is 1.84. The van der Waals surface area contributed by atoms with Gasteiger partial charge in [0.2, 0.25) is 0 Å². The molecule has 0 aliphatic rings. The van der Waals surface area contributed by atoms with Gasteiger partial charge in [-0.3, -0.25) is 4.90 Å². The fraction of sp³-hybridized carbons (Fsp3) is 0.333. The smallest absolute Gasteiger partial charge is 0.115 e. The fourth-order valence-electron chi connectivity index (χ4n) is 1.35. The summed E-state index contributed by atoms with van der Waals surface area (Å²) < 4.78 is 0. The van der Waals surface area contributed by atoms with E-state index in [4.69, 9.17) is 6.42 Å². The third kappa shape index (κ3) is 3.62. The van der Waals surface area contributed by atoms with Crippen LogP contribution in [0, 0.1) is 12.3 Å². The van der Waals surface area contributed by atoms with Gasteiger partial charge in [0, 0.05) is 6.54 Å². The molecule has 3 heteroatoms. The molecule has 1 aromatic carbocycles. The van der Waals surface area contributed by atoms with Crippen molar-refractivity contribution in [2.75, 3.05) is 20.1 Å². The lowest BCUT2D eigenvalue weighted by Crippen LogP contribution is -2.24. The molecule has 0 aromatic heterocycles. The van der Waals surface area contributed by atoms with Crippen LogP contribution >= 0.6 is 0 Å². The first-order chi connectivity index (χ1) is 7.13. The highest BCUT2D eigenvalue weighted by Crippen LogP contribution is 2.18. The van der Waals surface area contributed by atoms with E-state index in [1.54, 1.807) is 24.3 Å². The van der Waals surface area contributed by atoms with E-state index in [0.29, 0.717) is 18.7 Å². The standard InChI is InChI=1S/C12H15NO2/c1-3-7-13(2)9-12(15)10-5-4-6-11(14)8-10/h1,4-6,8,12,14-15H,7,9H2,2H3/t12-/m0/s1. The number of terminal acetylenes is 1. The van der Waals surface area contributed by atoms with E-state index in [1.165, 1.54) is 0 Å². The molecule has 1 atom stereocenters. The van der Waals surface area contributed by atoms with Crippen LogP contribution in [0.25, 0.3) is 0 Å². The van der Waals surface area contributed by atoms with Crippen molar-refractivity contribution in [2.24, 2.45) is 0 Å². The van der Waals surface area contributed by atoms with Crippen LogP contribution in [0.5, 0.6) is 5.75 Å². The number of benzene rings is 1. The minimum Gasteiger partial charge on any atom is -0.508 e. The number of rotatable bonds is 4. The van der Waals surface area contributed by atoms with E-state index in [0.717, 1.165) is 0 Å². The summed E-state index contributed by atoms with van der Waals surface area (Å²) in [6, 6.07) is 6.60. The number of aromatic hydroxyl groups is 1. The quantitative estimate of drug-likeness (QED) is 0.720. The molecule has 0 aliphatic heterocycles. The Hall–Kier alpha value is -1.50. The molecule has 80 valence electrons. The number of phenols is 1. The lowest BCUT2D eigenvalue weighted by atomic mass is 10.1. The van der Waals surface area contributed by atoms with E-state index < -0.39 is 6.10 Å². The summed E-state index contributed by atoms with van der Waals surface area (Å²) in [6.07, 6.45) is 4.53. The minimum atomic E-state index is -0.629. The van der Waals surface area contributed by atoms with Gasteiger partial charge in [-0.1, -0.05) is 18.1 Å². The predicted octanol–water partition coefficient (Wildman–Crippen LogP) is 0.991. The van der Waals surface area contributed by atoms with Crippen molar-refractivity contribution in [2.45, 2.75) is 6.10 Å². The predicted molar refractivity (Wildman–Crippen MR) is 59.4 cm³/mol. The third-order valence-corrected chi connectivity index (χ3v) is 2.10. The highest BCUT2D eigenvalue weighted by Gasteiger charge is 2.10. The summed E-state index contributed by atoms with van der Waals surface area (Å²) in [7, 11) is 1.84. The Balaban J connectivity index is 2.61. The third-order valence-electron chi connectivity index (χ3n) is 2.10. The summed E-state index contributed by atoms with van der Waals surface area (Å²) in [5.74, 6) is 2.66. The monoisotopic (exact) mass is 205 g/mol. The maximum absolute atomic E-state index is 9.82. The number of likely N-dealkylation sites (N-methyl/N-ethyl adjacent to an activating group) is 1. The molecule has 0 aliphatic carbocycles. The van der Waals surface area contributed by atoms with Crippen LogP contribution < -0.4 is 0 Å². The molecule has 0 amide bonds. The molecule has 2 N–H and O–H groups in total. The molecular weight excluding hydrogens is 190 g/mol. The summed E-state index contributed by atoms with van der Waals surface area (Å²) in [6.45, 7) is 0.948. The second kappa shape index (κ2) is 5.40. The van der Waals surface area contributed by atoms with Gasteiger partial charge < -0.3 is 10.2 Å². The molecule has 0 saturated heterocycles. The average Bonchev–Trinajstić information content (AvgIpc) is 2.18. The van der Waals surface area contributed by atoms with Gasteiger partial charge in [0.25, 0.3) is 0 Å². The fourth-order valence-corrected chi connectivity index (χ4v) is 1.35. The highest BCUT2D eigenvalue weighted by molar-refractivity contribution is 5.28. The molecule has 1 aromatic rings. The van der Waals surface area contributed by atoms with Gasteiger partial charge in [-0.05, 0) is 24.7 Å². The summed E-state index contributed by atoms with van der Waals surface area (Å²) in [5, 5.41) is 19.1. The van der Waals surface area contributed by atoms with Crippen molar-refractivity contribution in [1.29, 1.82) is 0 Å². The zero-order valence-corrected chi connectivity index (χ0v) is 8.72. The van der Waals surface area contributed by atoms with E-state index >= 15 is 0 Å². The Morgan fingerprint density at radius 1 is 1.53 bits per heavy atom. The van der Waals surface area contributed by atoms with Gasteiger partial charge in [0.15, 0.2) is 0 Å². The van der Waals surface area contributed by atoms with E-state index in [9.17, 15) is 10.2 Å². The van der Waals surface area contributed by atoms with Gasteiger partial charge in [-0.2, -0.15) is 0 Å². The van der Waals surface area contributed by atoms with Crippen LogP contribution in [0.4, 0.5) is 0 Å². The van der Waals surface area contributed by atoms with Crippen LogP contribution in [-0.4, -0.2) is 35.3 Å². The Kier molecular flexibility index (Phi) is 4.17. The Morgan fingerprint density at radius 3 is 2.87 bits per heavy atom. The molecular formula is C12H15NO2. The number of phenolic OH excluding ortho intramolecular Hbond substituents is 1. The van der Waals surface area contributed by atoms with Crippen molar-refractivity contribution in [3.63, 3.8) is 0 Å². The number of nitrogens with zero attached hydrogens (tertiary/aromatic N) is 1. The van der Waals surface area contributed by atoms with Crippen LogP contribution in [0.1, 0.15) is 11.7 Å². The van der Waals surface area contributed by atoms with Gasteiger partial charge in [-0.25, -0.2) is 0 Å². The topological polar surface area (TPSA) is 43.7 Å². The molecule has 0 fully saturated rings. The Labute approximate surface area is 90.0 Å². The van der Waals surface area contributed by atoms with Gasteiger partial charge >= 0.3 is 0 Å². The van der Waals surface area contributed by atoms with Crippen molar-refractivity contribution in [1.82, 2.24) is 4.90 Å². The molecule has 15 heavy (non-hydrogen) atoms. The Bertz CT molecular complexity index is 357. The molecule has 0 heterocycles. The maximum Gasteiger partial charge on any atom is 0.115 e. The first kappa shape index (κ1) is 11.6. The number of hydrogen-bond donors (Lipinski definition) is 2. The van der Waals surface area contributed by atoms with E-state index in [2.05, 4.69) is 5.92 Å². The first-order valence-corrected chi connectivity index (χ1v) is 4.72. The molecule has 0 saturated carbocycles. The van der Waals surface area contributed by atoms with Gasteiger partial charge in [0.1, 0.15) is 5.75 Å². The van der Waals surface area contributed by atoms with Crippen molar-refractivity contribution in [3.8, 4) is 18.1 Å². The maximum atomic E-state index is 9.82. The summed E-state index contributed by atoms with van der Waals surface area (Å²) >= 11 is 0. The number of aliphatic hydroxyl groups is 1. The van der Waals surface area contributed by atoms with Crippen LogP contribution in [0.3, 0.4) is 0 Å². The lowest BCUT2D eigenvalue weighted by Gasteiger charge is -2.18. The highest BCUT2D eigenvalue weighted by atomic mass is 16.3. The molecule has 3 nitrogen and oxygen atoms in total. The molecule has 1 rings (SSSR count). The van der Waals surface area contributed by atoms with E-state index in [1.807, 2.05) is 11.9 Å². The van der Waals surface area contributed by atoms with Crippen molar-refractivity contribution < 1.29 is 10.2 Å². The largest absolute Gasteiger partial charge is 0.508 e. The second-order valence-corrected chi connectivity index (χ2v) is 3.51. The molecule has 0 radical (unpaired) electrons. The average molecular weight is 205 g/mol. The zero-order chi connectivity index (χ0) is 11.3.